The number of aromatic nitrogens is 1. The van der Waals surface area contributed by atoms with E-state index in [0.29, 0.717) is 24.5 Å². The maximum atomic E-state index is 12.2. The van der Waals surface area contributed by atoms with Crippen LogP contribution < -0.4 is 15.4 Å². The first-order valence-electron chi connectivity index (χ1n) is 7.74. The Hall–Kier alpha value is -1.92. The molecule has 2 rings (SSSR count). The predicted molar refractivity (Wildman–Crippen MR) is 93.1 cm³/mol. The van der Waals surface area contributed by atoms with Crippen LogP contribution in [0.25, 0.3) is 0 Å². The lowest BCUT2D eigenvalue weighted by atomic mass is 10.2. The second kappa shape index (κ2) is 8.64. The minimum atomic E-state index is -0.0929. The van der Waals surface area contributed by atoms with Crippen molar-refractivity contribution in [3.8, 4) is 5.75 Å². The molecule has 0 bridgehead atoms. The second-order valence-corrected chi connectivity index (χ2v) is 6.41. The molecule has 6 heteroatoms. The summed E-state index contributed by atoms with van der Waals surface area (Å²) in [6.45, 7) is 7.94. The molecular formula is C17H23N3O2S. The summed E-state index contributed by atoms with van der Waals surface area (Å²) in [4.78, 5) is 16.5. The van der Waals surface area contributed by atoms with Gasteiger partial charge in [-0.2, -0.15) is 0 Å². The molecule has 1 amide bonds. The largest absolute Gasteiger partial charge is 0.487 e. The van der Waals surface area contributed by atoms with Crippen LogP contribution in [-0.2, 0) is 6.61 Å². The molecule has 1 heterocycles. The first kappa shape index (κ1) is 17.4. The van der Waals surface area contributed by atoms with Crippen LogP contribution in [-0.4, -0.2) is 30.0 Å². The van der Waals surface area contributed by atoms with Crippen LogP contribution in [0.4, 0.5) is 0 Å². The highest BCUT2D eigenvalue weighted by atomic mass is 32.1. The van der Waals surface area contributed by atoms with Gasteiger partial charge in [0.05, 0.1) is 10.7 Å². The number of likely N-dealkylation sites (N-methyl/N-ethyl adjacent to an activating group) is 1. The lowest BCUT2D eigenvalue weighted by molar-refractivity contribution is 0.0949. The van der Waals surface area contributed by atoms with Gasteiger partial charge in [0.25, 0.3) is 5.91 Å². The number of rotatable bonds is 8. The number of carbonyl (C=O) groups is 1. The van der Waals surface area contributed by atoms with Crippen LogP contribution in [0.15, 0.2) is 29.6 Å². The lowest BCUT2D eigenvalue weighted by Crippen LogP contribution is -2.38. The molecule has 2 N–H and O–H groups in total. The van der Waals surface area contributed by atoms with Crippen LogP contribution in [0.1, 0.15) is 34.9 Å². The van der Waals surface area contributed by atoms with E-state index in [-0.39, 0.29) is 11.9 Å². The fourth-order valence-electron chi connectivity index (χ4n) is 2.13. The molecule has 0 saturated heterocycles. The van der Waals surface area contributed by atoms with Gasteiger partial charge >= 0.3 is 0 Å². The first-order chi connectivity index (χ1) is 11.1. The summed E-state index contributed by atoms with van der Waals surface area (Å²) in [5.74, 6) is 0.577. The van der Waals surface area contributed by atoms with Crippen LogP contribution in [0.3, 0.4) is 0 Å². The van der Waals surface area contributed by atoms with Gasteiger partial charge in [-0.25, -0.2) is 4.98 Å². The van der Waals surface area contributed by atoms with Crippen molar-refractivity contribution < 1.29 is 9.53 Å². The number of ether oxygens (including phenoxy) is 1. The van der Waals surface area contributed by atoms with Crippen molar-refractivity contribution in [3.05, 3.63) is 45.9 Å². The smallest absolute Gasteiger partial charge is 0.251 e. The standard InChI is InChI=1S/C17H23N3O2S/c1-4-18-12(2)9-19-17(21)14-6-5-7-16(8-14)22-10-15-11-23-13(3)20-15/h5-8,11-12,18H,4,9-10H2,1-3H3,(H,19,21)/t12-/m1/s1. The van der Waals surface area contributed by atoms with E-state index in [0.717, 1.165) is 17.2 Å². The van der Waals surface area contributed by atoms with Crippen molar-refractivity contribution in [2.24, 2.45) is 0 Å². The number of aryl methyl sites for hydroxylation is 1. The Bertz CT molecular complexity index is 642. The molecule has 0 aliphatic heterocycles. The average molecular weight is 333 g/mol. The van der Waals surface area contributed by atoms with Gasteiger partial charge in [-0.3, -0.25) is 4.79 Å². The number of carbonyl (C=O) groups excluding carboxylic acids is 1. The van der Waals surface area contributed by atoms with Crippen molar-refractivity contribution >= 4 is 17.2 Å². The maximum absolute atomic E-state index is 12.2. The first-order valence-corrected chi connectivity index (χ1v) is 8.62. The third-order valence-electron chi connectivity index (χ3n) is 3.27. The molecule has 124 valence electrons. The van der Waals surface area contributed by atoms with Gasteiger partial charge in [0.1, 0.15) is 12.4 Å². The zero-order chi connectivity index (χ0) is 16.7. The Kier molecular flexibility index (Phi) is 6.55. The summed E-state index contributed by atoms with van der Waals surface area (Å²) in [5.41, 5.74) is 1.50. The van der Waals surface area contributed by atoms with Gasteiger partial charge in [-0.05, 0) is 38.6 Å². The van der Waals surface area contributed by atoms with Gasteiger partial charge in [-0.15, -0.1) is 11.3 Å². The highest BCUT2D eigenvalue weighted by Gasteiger charge is 2.08. The zero-order valence-electron chi connectivity index (χ0n) is 13.8. The molecule has 0 aliphatic rings. The number of nitrogens with one attached hydrogen (secondary N) is 2. The van der Waals surface area contributed by atoms with E-state index in [4.69, 9.17) is 4.74 Å². The highest BCUT2D eigenvalue weighted by Crippen LogP contribution is 2.16. The number of hydrogen-bond acceptors (Lipinski definition) is 5. The molecule has 0 fully saturated rings. The van der Waals surface area contributed by atoms with Crippen molar-refractivity contribution in [3.63, 3.8) is 0 Å². The minimum absolute atomic E-state index is 0.0929. The van der Waals surface area contributed by atoms with Crippen LogP contribution in [0.5, 0.6) is 5.75 Å². The fourth-order valence-corrected chi connectivity index (χ4v) is 2.72. The minimum Gasteiger partial charge on any atom is -0.487 e. The molecular weight excluding hydrogens is 310 g/mol. The van der Waals surface area contributed by atoms with Crippen molar-refractivity contribution in [1.82, 2.24) is 15.6 Å². The van der Waals surface area contributed by atoms with E-state index in [1.807, 2.05) is 38.3 Å². The van der Waals surface area contributed by atoms with Crippen molar-refractivity contribution in [1.29, 1.82) is 0 Å². The van der Waals surface area contributed by atoms with Gasteiger partial charge in [0.2, 0.25) is 0 Å². The van der Waals surface area contributed by atoms with Crippen LogP contribution in [0.2, 0.25) is 0 Å². The Morgan fingerprint density at radius 3 is 2.96 bits per heavy atom. The number of hydrogen-bond donors (Lipinski definition) is 2. The highest BCUT2D eigenvalue weighted by molar-refractivity contribution is 7.09. The van der Waals surface area contributed by atoms with Crippen LogP contribution in [0, 0.1) is 6.92 Å². The summed E-state index contributed by atoms with van der Waals surface area (Å²) in [7, 11) is 0. The maximum Gasteiger partial charge on any atom is 0.251 e. The van der Waals surface area contributed by atoms with E-state index >= 15 is 0 Å². The molecule has 1 aromatic carbocycles. The number of nitrogens with zero attached hydrogens (tertiary/aromatic N) is 1. The molecule has 1 atom stereocenters. The van der Waals surface area contributed by atoms with E-state index < -0.39 is 0 Å². The summed E-state index contributed by atoms with van der Waals surface area (Å²) in [6.07, 6.45) is 0. The third-order valence-corrected chi connectivity index (χ3v) is 4.09. The monoisotopic (exact) mass is 333 g/mol. The summed E-state index contributed by atoms with van der Waals surface area (Å²) in [5, 5.41) is 9.18. The molecule has 0 unspecified atom stereocenters. The molecule has 0 saturated carbocycles. The Labute approximate surface area is 141 Å². The number of thiazole rings is 1. The zero-order valence-corrected chi connectivity index (χ0v) is 14.6. The molecule has 5 nitrogen and oxygen atoms in total. The number of amides is 1. The summed E-state index contributed by atoms with van der Waals surface area (Å²) >= 11 is 1.60. The van der Waals surface area contributed by atoms with Crippen molar-refractivity contribution in [2.75, 3.05) is 13.1 Å². The van der Waals surface area contributed by atoms with E-state index in [9.17, 15) is 4.79 Å². The van der Waals surface area contributed by atoms with Gasteiger partial charge < -0.3 is 15.4 Å². The fraction of sp³-hybridized carbons (Fsp3) is 0.412. The van der Waals surface area contributed by atoms with Crippen molar-refractivity contribution in [2.45, 2.75) is 33.4 Å². The Morgan fingerprint density at radius 1 is 1.43 bits per heavy atom. The Morgan fingerprint density at radius 2 is 2.26 bits per heavy atom. The van der Waals surface area contributed by atoms with Gasteiger partial charge in [0.15, 0.2) is 0 Å². The molecule has 0 aliphatic carbocycles. The molecule has 0 radical (unpaired) electrons. The summed E-state index contributed by atoms with van der Waals surface area (Å²) < 4.78 is 5.71. The third kappa shape index (κ3) is 5.65. The lowest BCUT2D eigenvalue weighted by Gasteiger charge is -2.13. The quantitative estimate of drug-likeness (QED) is 0.780. The second-order valence-electron chi connectivity index (χ2n) is 5.34. The molecule has 0 spiro atoms. The van der Waals surface area contributed by atoms with Gasteiger partial charge in [-0.1, -0.05) is 13.0 Å². The van der Waals surface area contributed by atoms with E-state index in [1.165, 1.54) is 0 Å². The Balaban J connectivity index is 1.89. The number of benzene rings is 1. The summed E-state index contributed by atoms with van der Waals surface area (Å²) in [6, 6.07) is 7.46. The van der Waals surface area contributed by atoms with E-state index in [1.54, 1.807) is 23.5 Å². The molecule has 1 aromatic heterocycles. The molecule has 23 heavy (non-hydrogen) atoms. The predicted octanol–water partition coefficient (Wildman–Crippen LogP) is 2.76. The topological polar surface area (TPSA) is 63.2 Å². The normalized spacial score (nSPS) is 12.0. The average Bonchev–Trinajstić information content (AvgIpc) is 2.97. The van der Waals surface area contributed by atoms with E-state index in [2.05, 4.69) is 15.6 Å². The van der Waals surface area contributed by atoms with Gasteiger partial charge in [0, 0.05) is 23.5 Å². The van der Waals surface area contributed by atoms with Crippen LogP contribution >= 0.6 is 11.3 Å². The molecule has 2 aromatic rings. The SMILES string of the molecule is CCN[C@H](C)CNC(=O)c1cccc(OCc2csc(C)n2)c1.